The van der Waals surface area contributed by atoms with E-state index < -0.39 is 12.0 Å². The molecule has 2 heterocycles. The molecule has 1 aliphatic heterocycles. The summed E-state index contributed by atoms with van der Waals surface area (Å²) in [6.07, 6.45) is 8.42. The Hall–Kier alpha value is -2.93. The van der Waals surface area contributed by atoms with Crippen LogP contribution in [0.25, 0.3) is 0 Å². The molecule has 1 aromatic carbocycles. The first-order valence-corrected chi connectivity index (χ1v) is 13.0. The van der Waals surface area contributed by atoms with Crippen molar-refractivity contribution >= 4 is 17.7 Å². The number of aromatic nitrogens is 1. The van der Waals surface area contributed by atoms with Gasteiger partial charge in [-0.15, -0.1) is 0 Å². The van der Waals surface area contributed by atoms with Crippen LogP contribution in [-0.4, -0.2) is 47.3 Å². The second kappa shape index (κ2) is 10.8. The van der Waals surface area contributed by atoms with Gasteiger partial charge in [0.1, 0.15) is 11.9 Å². The van der Waals surface area contributed by atoms with E-state index in [1.165, 1.54) is 17.5 Å². The van der Waals surface area contributed by atoms with Crippen LogP contribution in [0.4, 0.5) is 5.82 Å². The zero-order chi connectivity index (χ0) is 24.2. The van der Waals surface area contributed by atoms with Crippen molar-refractivity contribution < 1.29 is 19.4 Å². The first-order chi connectivity index (χ1) is 17.1. The molecular formula is C28H35N3O4. The number of aryl methyl sites for hydroxylation is 3. The number of nitrogens with zero attached hydrogens (tertiary/aromatic N) is 1. The molecule has 2 unspecified atom stereocenters. The van der Waals surface area contributed by atoms with Crippen LogP contribution >= 0.6 is 0 Å². The van der Waals surface area contributed by atoms with Crippen molar-refractivity contribution in [2.24, 2.45) is 5.92 Å². The fourth-order valence-corrected chi connectivity index (χ4v) is 5.62. The quantitative estimate of drug-likeness (QED) is 0.481. The molecule has 0 saturated heterocycles. The predicted molar refractivity (Wildman–Crippen MR) is 134 cm³/mol. The number of benzene rings is 1. The van der Waals surface area contributed by atoms with Crippen LogP contribution in [0, 0.1) is 5.92 Å². The number of anilines is 1. The van der Waals surface area contributed by atoms with Crippen LogP contribution in [0.1, 0.15) is 66.8 Å². The fourth-order valence-electron chi connectivity index (χ4n) is 5.62. The molecule has 2 aliphatic carbocycles. The van der Waals surface area contributed by atoms with Crippen LogP contribution < -0.4 is 10.6 Å². The van der Waals surface area contributed by atoms with Gasteiger partial charge < -0.3 is 20.5 Å². The number of carboxylic acid groups (broad SMARTS) is 1. The number of pyridine rings is 1. The molecule has 3 N–H and O–H groups in total. The van der Waals surface area contributed by atoms with E-state index in [0.29, 0.717) is 12.5 Å². The second-order valence-electron chi connectivity index (χ2n) is 10.2. The number of rotatable bonds is 10. The maximum absolute atomic E-state index is 12.8. The topological polar surface area (TPSA) is 101 Å². The first kappa shape index (κ1) is 23.8. The van der Waals surface area contributed by atoms with E-state index in [0.717, 1.165) is 68.6 Å². The molecule has 1 saturated carbocycles. The molecule has 1 aromatic heterocycles. The number of carbonyl (C=O) groups excluding carboxylic acids is 1. The highest BCUT2D eigenvalue weighted by Crippen LogP contribution is 2.35. The van der Waals surface area contributed by atoms with Gasteiger partial charge in [-0.25, -0.2) is 9.78 Å². The summed E-state index contributed by atoms with van der Waals surface area (Å²) in [7, 11) is 0. The van der Waals surface area contributed by atoms with Gasteiger partial charge in [-0.3, -0.25) is 4.79 Å². The lowest BCUT2D eigenvalue weighted by molar-refractivity contribution is -0.143. The predicted octanol–water partition coefficient (Wildman–Crippen LogP) is 3.86. The number of nitrogens with one attached hydrogen (secondary N) is 2. The minimum absolute atomic E-state index is 0.185. The molecular weight excluding hydrogens is 442 g/mol. The van der Waals surface area contributed by atoms with Gasteiger partial charge >= 0.3 is 5.97 Å². The summed E-state index contributed by atoms with van der Waals surface area (Å²) < 4.78 is 5.94. The summed E-state index contributed by atoms with van der Waals surface area (Å²) >= 11 is 0. The Morgan fingerprint density at radius 1 is 1.14 bits per heavy atom. The summed E-state index contributed by atoms with van der Waals surface area (Å²) in [4.78, 5) is 29.3. The molecule has 35 heavy (non-hydrogen) atoms. The first-order valence-electron chi connectivity index (χ1n) is 13.0. The number of ether oxygens (including phenoxy) is 1. The standard InChI is InChI=1S/C28H35N3O4/c32-27(24-12-9-19-4-1-2-6-23(19)24)31-25(28(33)34)13-15-35-22-16-18(17-22)7-10-21-11-8-20-5-3-14-29-26(20)30-21/h1-2,4,6,8,11,18,22,24-25H,3,5,7,9-10,12-17H2,(H,29,30)(H,31,32)(H,33,34). The Bertz CT molecular complexity index is 1070. The Balaban J connectivity index is 1.01. The fraction of sp³-hybridized carbons (Fsp3) is 0.536. The van der Waals surface area contributed by atoms with Crippen molar-refractivity contribution in [2.45, 2.75) is 75.9 Å². The van der Waals surface area contributed by atoms with Crippen LogP contribution in [0.15, 0.2) is 36.4 Å². The Labute approximate surface area is 206 Å². The Morgan fingerprint density at radius 2 is 2.00 bits per heavy atom. The van der Waals surface area contributed by atoms with Gasteiger partial charge in [-0.2, -0.15) is 0 Å². The molecule has 3 aliphatic rings. The highest BCUT2D eigenvalue weighted by atomic mass is 16.5. The van der Waals surface area contributed by atoms with Gasteiger partial charge in [0.05, 0.1) is 12.0 Å². The summed E-state index contributed by atoms with van der Waals surface area (Å²) in [6.45, 7) is 1.35. The zero-order valence-corrected chi connectivity index (χ0v) is 20.2. The van der Waals surface area contributed by atoms with Crippen LogP contribution in [-0.2, 0) is 33.6 Å². The molecule has 1 amide bonds. The zero-order valence-electron chi connectivity index (χ0n) is 20.2. The van der Waals surface area contributed by atoms with Crippen LogP contribution in [0.5, 0.6) is 0 Å². The largest absolute Gasteiger partial charge is 0.480 e. The van der Waals surface area contributed by atoms with Crippen molar-refractivity contribution in [2.75, 3.05) is 18.5 Å². The molecule has 2 aromatic rings. The van der Waals surface area contributed by atoms with Crippen molar-refractivity contribution in [3.63, 3.8) is 0 Å². The highest BCUT2D eigenvalue weighted by Gasteiger charge is 2.32. The lowest BCUT2D eigenvalue weighted by atomic mass is 9.79. The van der Waals surface area contributed by atoms with Gasteiger partial charge in [0.2, 0.25) is 5.91 Å². The molecule has 0 bridgehead atoms. The van der Waals surface area contributed by atoms with E-state index in [9.17, 15) is 14.7 Å². The summed E-state index contributed by atoms with van der Waals surface area (Å²) in [5.74, 6) is 0.217. The number of carboxylic acids is 1. The average molecular weight is 478 g/mol. The monoisotopic (exact) mass is 477 g/mol. The summed E-state index contributed by atoms with van der Waals surface area (Å²) in [5.41, 5.74) is 4.67. The third-order valence-electron chi connectivity index (χ3n) is 7.78. The van der Waals surface area contributed by atoms with E-state index >= 15 is 0 Å². The smallest absolute Gasteiger partial charge is 0.326 e. The SMILES string of the molecule is O=C(O)C(CCOC1CC(CCc2ccc3c(n2)NCCC3)C1)NC(=O)C1CCc2ccccc21. The molecule has 7 nitrogen and oxygen atoms in total. The molecule has 2 atom stereocenters. The minimum Gasteiger partial charge on any atom is -0.480 e. The van der Waals surface area contributed by atoms with Gasteiger partial charge in [0.15, 0.2) is 0 Å². The maximum atomic E-state index is 12.8. The Morgan fingerprint density at radius 3 is 2.86 bits per heavy atom. The van der Waals surface area contributed by atoms with Crippen molar-refractivity contribution in [3.8, 4) is 0 Å². The van der Waals surface area contributed by atoms with Gasteiger partial charge in [-0.1, -0.05) is 30.3 Å². The van der Waals surface area contributed by atoms with E-state index in [1.54, 1.807) is 0 Å². The summed E-state index contributed by atoms with van der Waals surface area (Å²) in [5, 5.41) is 15.8. The van der Waals surface area contributed by atoms with Crippen molar-refractivity contribution in [3.05, 3.63) is 58.8 Å². The van der Waals surface area contributed by atoms with E-state index in [-0.39, 0.29) is 24.3 Å². The van der Waals surface area contributed by atoms with Gasteiger partial charge in [0, 0.05) is 25.3 Å². The summed E-state index contributed by atoms with van der Waals surface area (Å²) in [6, 6.07) is 11.4. The third kappa shape index (κ3) is 5.67. The van der Waals surface area contributed by atoms with Crippen molar-refractivity contribution in [1.29, 1.82) is 0 Å². The van der Waals surface area contributed by atoms with Crippen LogP contribution in [0.2, 0.25) is 0 Å². The third-order valence-corrected chi connectivity index (χ3v) is 7.78. The van der Waals surface area contributed by atoms with E-state index in [2.05, 4.69) is 22.8 Å². The number of carbonyl (C=O) groups is 2. The van der Waals surface area contributed by atoms with Gasteiger partial charge in [0.25, 0.3) is 0 Å². The van der Waals surface area contributed by atoms with E-state index in [4.69, 9.17) is 9.72 Å². The number of hydrogen-bond acceptors (Lipinski definition) is 5. The lowest BCUT2D eigenvalue weighted by Gasteiger charge is -2.35. The molecule has 5 rings (SSSR count). The van der Waals surface area contributed by atoms with Crippen molar-refractivity contribution in [1.82, 2.24) is 10.3 Å². The molecule has 0 radical (unpaired) electrons. The van der Waals surface area contributed by atoms with Crippen LogP contribution in [0.3, 0.4) is 0 Å². The molecule has 0 spiro atoms. The van der Waals surface area contributed by atoms with E-state index in [1.807, 2.05) is 24.3 Å². The number of hydrogen-bond donors (Lipinski definition) is 3. The maximum Gasteiger partial charge on any atom is 0.326 e. The normalized spacial score (nSPS) is 23.4. The second-order valence-corrected chi connectivity index (χ2v) is 10.2. The lowest BCUT2D eigenvalue weighted by Crippen LogP contribution is -2.44. The average Bonchev–Trinajstić information content (AvgIpc) is 3.28. The minimum atomic E-state index is -1.01. The van der Waals surface area contributed by atoms with Gasteiger partial charge in [-0.05, 0) is 80.0 Å². The molecule has 186 valence electrons. The molecule has 7 heteroatoms. The Kier molecular flexibility index (Phi) is 7.32. The highest BCUT2D eigenvalue weighted by molar-refractivity contribution is 5.89. The molecule has 1 fully saturated rings. The number of aliphatic carboxylic acids is 1. The number of fused-ring (bicyclic) bond motifs is 2. The number of amides is 1.